The first-order valence-electron chi connectivity index (χ1n) is 12.6. The molecule has 0 spiro atoms. The largest absolute Gasteiger partial charge is 0.497 e. The fourth-order valence-corrected chi connectivity index (χ4v) is 4.96. The van der Waals surface area contributed by atoms with Crippen LogP contribution < -0.4 is 10.1 Å². The van der Waals surface area contributed by atoms with Crippen LogP contribution >= 0.6 is 0 Å². The SMILES string of the molecule is CCCCCCCC(=O)N1CCC(N2CCC(C(=O)Nc3ccc(OC)cc3)CC2)CC1. The molecule has 6 heteroatoms. The second-order valence-electron chi connectivity index (χ2n) is 9.30. The van der Waals surface area contributed by atoms with Crippen LogP contribution in [0.5, 0.6) is 5.75 Å². The monoisotopic (exact) mass is 443 g/mol. The number of rotatable bonds is 10. The zero-order valence-corrected chi connectivity index (χ0v) is 20.0. The first-order valence-corrected chi connectivity index (χ1v) is 12.6. The topological polar surface area (TPSA) is 61.9 Å². The minimum Gasteiger partial charge on any atom is -0.497 e. The number of nitrogens with zero attached hydrogens (tertiary/aromatic N) is 2. The van der Waals surface area contributed by atoms with Crippen molar-refractivity contribution in [3.63, 3.8) is 0 Å². The number of anilines is 1. The van der Waals surface area contributed by atoms with E-state index in [0.29, 0.717) is 18.4 Å². The van der Waals surface area contributed by atoms with Gasteiger partial charge in [-0.15, -0.1) is 0 Å². The van der Waals surface area contributed by atoms with Gasteiger partial charge in [-0.3, -0.25) is 9.59 Å². The molecule has 0 radical (unpaired) electrons. The summed E-state index contributed by atoms with van der Waals surface area (Å²) < 4.78 is 5.17. The fourth-order valence-electron chi connectivity index (χ4n) is 4.96. The number of hydrogen-bond donors (Lipinski definition) is 1. The molecule has 178 valence electrons. The lowest BCUT2D eigenvalue weighted by Gasteiger charge is -2.41. The van der Waals surface area contributed by atoms with Gasteiger partial charge in [-0.05, 0) is 69.5 Å². The number of likely N-dealkylation sites (tertiary alicyclic amines) is 2. The quantitative estimate of drug-likeness (QED) is 0.533. The van der Waals surface area contributed by atoms with E-state index in [0.717, 1.165) is 69.7 Å². The zero-order chi connectivity index (χ0) is 22.8. The Labute approximate surface area is 193 Å². The number of carbonyl (C=O) groups excluding carboxylic acids is 2. The summed E-state index contributed by atoms with van der Waals surface area (Å²) in [7, 11) is 1.64. The van der Waals surface area contributed by atoms with Crippen molar-refractivity contribution in [2.24, 2.45) is 5.92 Å². The third-order valence-corrected chi connectivity index (χ3v) is 7.09. The maximum absolute atomic E-state index is 12.7. The van der Waals surface area contributed by atoms with Crippen LogP contribution in [0.25, 0.3) is 0 Å². The molecule has 0 unspecified atom stereocenters. The molecule has 2 aliphatic heterocycles. The summed E-state index contributed by atoms with van der Waals surface area (Å²) >= 11 is 0. The van der Waals surface area contributed by atoms with Crippen LogP contribution in [-0.2, 0) is 9.59 Å². The first-order chi connectivity index (χ1) is 15.6. The fraction of sp³-hybridized carbons (Fsp3) is 0.692. The number of ether oxygens (including phenoxy) is 1. The molecule has 6 nitrogen and oxygen atoms in total. The maximum atomic E-state index is 12.7. The lowest BCUT2D eigenvalue weighted by atomic mass is 9.92. The van der Waals surface area contributed by atoms with Crippen molar-refractivity contribution in [3.05, 3.63) is 24.3 Å². The van der Waals surface area contributed by atoms with Crippen molar-refractivity contribution in [1.29, 1.82) is 0 Å². The molecule has 1 aromatic rings. The van der Waals surface area contributed by atoms with Gasteiger partial charge in [0.1, 0.15) is 5.75 Å². The van der Waals surface area contributed by atoms with E-state index < -0.39 is 0 Å². The van der Waals surface area contributed by atoms with Crippen molar-refractivity contribution in [2.45, 2.75) is 77.2 Å². The summed E-state index contributed by atoms with van der Waals surface area (Å²) in [6.07, 6.45) is 10.6. The number of carbonyl (C=O) groups is 2. The molecular weight excluding hydrogens is 402 g/mol. The van der Waals surface area contributed by atoms with Crippen molar-refractivity contribution in [1.82, 2.24) is 9.80 Å². The minimum absolute atomic E-state index is 0.0720. The molecule has 2 fully saturated rings. The molecule has 0 atom stereocenters. The molecule has 2 amide bonds. The van der Waals surface area contributed by atoms with Gasteiger partial charge in [0.05, 0.1) is 7.11 Å². The second kappa shape index (κ2) is 12.8. The molecule has 0 aromatic heterocycles. The number of methoxy groups -OCH3 is 1. The lowest BCUT2D eigenvalue weighted by Crippen LogP contribution is -2.49. The summed E-state index contributed by atoms with van der Waals surface area (Å²) in [5, 5.41) is 3.05. The predicted molar refractivity (Wildman–Crippen MR) is 129 cm³/mol. The average Bonchev–Trinajstić information content (AvgIpc) is 2.84. The number of nitrogens with one attached hydrogen (secondary N) is 1. The Morgan fingerprint density at radius 3 is 2.22 bits per heavy atom. The van der Waals surface area contributed by atoms with E-state index >= 15 is 0 Å². The van der Waals surface area contributed by atoms with Gasteiger partial charge in [0.25, 0.3) is 0 Å². The molecule has 1 aromatic carbocycles. The Morgan fingerprint density at radius 2 is 1.59 bits per heavy atom. The van der Waals surface area contributed by atoms with Gasteiger partial charge in [0.15, 0.2) is 0 Å². The molecule has 2 saturated heterocycles. The summed E-state index contributed by atoms with van der Waals surface area (Å²) in [5.41, 5.74) is 0.820. The van der Waals surface area contributed by atoms with E-state index in [2.05, 4.69) is 22.0 Å². The highest BCUT2D eigenvalue weighted by molar-refractivity contribution is 5.92. The Morgan fingerprint density at radius 1 is 0.938 bits per heavy atom. The van der Waals surface area contributed by atoms with Gasteiger partial charge in [-0.1, -0.05) is 32.6 Å². The van der Waals surface area contributed by atoms with Crippen LogP contribution in [0.4, 0.5) is 5.69 Å². The average molecular weight is 444 g/mol. The molecule has 0 bridgehead atoms. The summed E-state index contributed by atoms with van der Waals surface area (Å²) in [4.78, 5) is 29.8. The summed E-state index contributed by atoms with van der Waals surface area (Å²) in [6.45, 7) is 5.93. The number of amides is 2. The number of piperidine rings is 2. The van der Waals surface area contributed by atoms with Crippen LogP contribution in [0.2, 0.25) is 0 Å². The van der Waals surface area contributed by atoms with E-state index in [9.17, 15) is 9.59 Å². The number of benzene rings is 1. The molecule has 2 heterocycles. The van der Waals surface area contributed by atoms with Crippen LogP contribution in [-0.4, -0.2) is 60.9 Å². The molecule has 3 rings (SSSR count). The Balaban J connectivity index is 1.34. The first kappa shape index (κ1) is 24.6. The second-order valence-corrected chi connectivity index (χ2v) is 9.30. The van der Waals surface area contributed by atoms with Gasteiger partial charge in [0, 0.05) is 37.2 Å². The number of unbranched alkanes of at least 4 members (excludes halogenated alkanes) is 4. The lowest BCUT2D eigenvalue weighted by molar-refractivity contribution is -0.133. The standard InChI is InChI=1S/C26H41N3O3/c1-3-4-5-6-7-8-25(30)29-19-15-23(16-20-29)28-17-13-21(14-18-28)26(31)27-22-9-11-24(32-2)12-10-22/h9-12,21,23H,3-8,13-20H2,1-2H3,(H,27,31). The van der Waals surface area contributed by atoms with Crippen LogP contribution in [0, 0.1) is 5.92 Å². The molecule has 0 saturated carbocycles. The van der Waals surface area contributed by atoms with Crippen molar-refractivity contribution in [2.75, 3.05) is 38.6 Å². The zero-order valence-electron chi connectivity index (χ0n) is 20.0. The molecule has 1 N–H and O–H groups in total. The van der Waals surface area contributed by atoms with Crippen LogP contribution in [0.3, 0.4) is 0 Å². The number of hydrogen-bond acceptors (Lipinski definition) is 4. The highest BCUT2D eigenvalue weighted by Crippen LogP contribution is 2.26. The van der Waals surface area contributed by atoms with Gasteiger partial charge >= 0.3 is 0 Å². The molecule has 2 aliphatic rings. The Hall–Kier alpha value is -2.08. The Kier molecular flexibility index (Phi) is 9.85. The molecule has 32 heavy (non-hydrogen) atoms. The van der Waals surface area contributed by atoms with Crippen LogP contribution in [0.1, 0.15) is 71.1 Å². The predicted octanol–water partition coefficient (Wildman–Crippen LogP) is 4.70. The maximum Gasteiger partial charge on any atom is 0.227 e. The summed E-state index contributed by atoms with van der Waals surface area (Å²) in [5.74, 6) is 1.32. The van der Waals surface area contributed by atoms with Crippen LogP contribution in [0.15, 0.2) is 24.3 Å². The van der Waals surface area contributed by atoms with Gasteiger partial charge in [-0.2, -0.15) is 0 Å². The highest BCUT2D eigenvalue weighted by Gasteiger charge is 2.31. The van der Waals surface area contributed by atoms with Gasteiger partial charge in [-0.25, -0.2) is 0 Å². The van der Waals surface area contributed by atoms with E-state index in [-0.39, 0.29) is 11.8 Å². The third kappa shape index (κ3) is 7.22. The van der Waals surface area contributed by atoms with E-state index in [4.69, 9.17) is 4.74 Å². The van der Waals surface area contributed by atoms with Crippen molar-refractivity contribution < 1.29 is 14.3 Å². The van der Waals surface area contributed by atoms with E-state index in [1.54, 1.807) is 7.11 Å². The molecular formula is C26H41N3O3. The molecule has 0 aliphatic carbocycles. The van der Waals surface area contributed by atoms with Gasteiger partial charge < -0.3 is 19.9 Å². The smallest absolute Gasteiger partial charge is 0.227 e. The van der Waals surface area contributed by atoms with Crippen molar-refractivity contribution in [3.8, 4) is 5.75 Å². The minimum atomic E-state index is 0.0720. The van der Waals surface area contributed by atoms with Crippen molar-refractivity contribution >= 4 is 17.5 Å². The normalized spacial score (nSPS) is 18.5. The van der Waals surface area contributed by atoms with E-state index in [1.165, 1.54) is 25.7 Å². The Bertz CT molecular complexity index is 706. The van der Waals surface area contributed by atoms with Gasteiger partial charge in [0.2, 0.25) is 11.8 Å². The third-order valence-electron chi connectivity index (χ3n) is 7.09. The summed E-state index contributed by atoms with van der Waals surface area (Å²) in [6, 6.07) is 8.04. The highest BCUT2D eigenvalue weighted by atomic mass is 16.5. The van der Waals surface area contributed by atoms with E-state index in [1.807, 2.05) is 24.3 Å².